The number of furan rings is 1. The highest BCUT2D eigenvalue weighted by molar-refractivity contribution is 6.28. The van der Waals surface area contributed by atoms with Gasteiger partial charge in [-0.05, 0) is 18.2 Å². The van der Waals surface area contributed by atoms with Crippen LogP contribution in [0.1, 0.15) is 26.5 Å². The van der Waals surface area contributed by atoms with Crippen molar-refractivity contribution in [2.75, 3.05) is 56.7 Å². The van der Waals surface area contributed by atoms with Gasteiger partial charge < -0.3 is 28.8 Å². The molecule has 0 radical (unpaired) electrons. The Bertz CT molecular complexity index is 1420. The van der Waals surface area contributed by atoms with Crippen molar-refractivity contribution in [2.45, 2.75) is 0 Å². The summed E-state index contributed by atoms with van der Waals surface area (Å²) in [6.07, 6.45) is 1.51. The van der Waals surface area contributed by atoms with Crippen LogP contribution in [0.3, 0.4) is 0 Å². The first-order chi connectivity index (χ1) is 17.2. The summed E-state index contributed by atoms with van der Waals surface area (Å²) in [7, 11) is 1.64. The minimum atomic E-state index is -0.114. The van der Waals surface area contributed by atoms with E-state index in [1.165, 1.54) is 6.26 Å². The predicted octanol–water partition coefficient (Wildman–Crippen LogP) is 3.65. The van der Waals surface area contributed by atoms with E-state index in [2.05, 4.69) is 15.4 Å². The van der Waals surface area contributed by atoms with E-state index in [0.717, 1.165) is 22.3 Å². The molecule has 1 N–H and O–H groups in total. The van der Waals surface area contributed by atoms with Gasteiger partial charge in [0.25, 0.3) is 5.91 Å². The van der Waals surface area contributed by atoms with Gasteiger partial charge in [-0.2, -0.15) is 0 Å². The summed E-state index contributed by atoms with van der Waals surface area (Å²) < 4.78 is 16.3. The maximum absolute atomic E-state index is 13.6. The monoisotopic (exact) mass is 472 g/mol. The maximum atomic E-state index is 13.6. The molecule has 2 aliphatic rings. The summed E-state index contributed by atoms with van der Waals surface area (Å²) >= 11 is 0. The fourth-order valence-corrected chi connectivity index (χ4v) is 4.92. The van der Waals surface area contributed by atoms with Gasteiger partial charge in [-0.25, -0.2) is 0 Å². The molecule has 0 unspecified atom stereocenters. The average Bonchev–Trinajstić information content (AvgIpc) is 3.59. The van der Waals surface area contributed by atoms with Crippen molar-refractivity contribution in [2.24, 2.45) is 0 Å². The number of amides is 1. The number of carbonyl (C=O) groups is 2. The predicted molar refractivity (Wildman–Crippen MR) is 130 cm³/mol. The Balaban J connectivity index is 1.39. The lowest BCUT2D eigenvalue weighted by molar-refractivity contribution is 0.0714. The first-order valence-corrected chi connectivity index (χ1v) is 11.6. The number of methoxy groups -OCH3 is 1. The number of ketones is 1. The quantitative estimate of drug-likeness (QED) is 0.374. The van der Waals surface area contributed by atoms with Crippen molar-refractivity contribution in [3.8, 4) is 11.3 Å². The van der Waals surface area contributed by atoms with Crippen molar-refractivity contribution < 1.29 is 23.3 Å². The van der Waals surface area contributed by atoms with Crippen molar-refractivity contribution in [1.82, 2.24) is 10.1 Å². The smallest absolute Gasteiger partial charge is 0.289 e. The van der Waals surface area contributed by atoms with Crippen LogP contribution in [0.2, 0.25) is 0 Å². The number of ether oxygens (including phenoxy) is 1. The molecule has 1 amide bonds. The number of carbonyl (C=O) groups excluding carboxylic acids is 2. The Morgan fingerprint density at radius 2 is 1.91 bits per heavy atom. The SMILES string of the molecule is COCCNc1cc(N2CCN(C(=O)c3ccco3)CC2)c2noc3c2c1C(=O)c1ccccc1-3. The van der Waals surface area contributed by atoms with E-state index in [-0.39, 0.29) is 11.7 Å². The van der Waals surface area contributed by atoms with Gasteiger partial charge in [0.15, 0.2) is 17.3 Å². The van der Waals surface area contributed by atoms with E-state index in [0.29, 0.717) is 67.5 Å². The molecule has 0 atom stereocenters. The Morgan fingerprint density at radius 3 is 2.66 bits per heavy atom. The molecule has 178 valence electrons. The lowest BCUT2D eigenvalue weighted by Gasteiger charge is -2.36. The van der Waals surface area contributed by atoms with Gasteiger partial charge in [-0.3, -0.25) is 9.59 Å². The number of rotatable bonds is 6. The van der Waals surface area contributed by atoms with Crippen LogP contribution in [-0.4, -0.2) is 68.2 Å². The minimum Gasteiger partial charge on any atom is -0.459 e. The Morgan fingerprint density at radius 1 is 1.11 bits per heavy atom. The van der Waals surface area contributed by atoms with Crippen molar-refractivity contribution in [1.29, 1.82) is 0 Å². The summed E-state index contributed by atoms with van der Waals surface area (Å²) in [5, 5.41) is 8.51. The normalized spacial score (nSPS) is 14.9. The second kappa shape index (κ2) is 8.59. The van der Waals surface area contributed by atoms with Crippen LogP contribution in [0, 0.1) is 0 Å². The van der Waals surface area contributed by atoms with E-state index >= 15 is 0 Å². The summed E-state index contributed by atoms with van der Waals surface area (Å²) in [6, 6.07) is 12.8. The molecule has 0 spiro atoms. The first kappa shape index (κ1) is 21.4. The number of anilines is 2. The number of benzene rings is 2. The number of fused-ring (bicyclic) bond motifs is 2. The van der Waals surface area contributed by atoms with Crippen LogP contribution >= 0.6 is 0 Å². The zero-order chi connectivity index (χ0) is 23.9. The summed E-state index contributed by atoms with van der Waals surface area (Å²) in [6.45, 7) is 3.37. The van der Waals surface area contributed by atoms with Crippen LogP contribution in [0.4, 0.5) is 11.4 Å². The lowest BCUT2D eigenvalue weighted by Crippen LogP contribution is -2.48. The molecule has 9 nitrogen and oxygen atoms in total. The topological polar surface area (TPSA) is 101 Å². The van der Waals surface area contributed by atoms with E-state index in [1.807, 2.05) is 30.3 Å². The second-order valence-electron chi connectivity index (χ2n) is 8.60. The number of nitrogens with zero attached hydrogens (tertiary/aromatic N) is 3. The van der Waals surface area contributed by atoms with Gasteiger partial charge in [0, 0.05) is 56.6 Å². The van der Waals surface area contributed by atoms with Crippen LogP contribution in [0.25, 0.3) is 22.2 Å². The average molecular weight is 473 g/mol. The molecule has 6 rings (SSSR count). The van der Waals surface area contributed by atoms with E-state index in [9.17, 15) is 9.59 Å². The third-order valence-corrected chi connectivity index (χ3v) is 6.64. The molecule has 2 aromatic heterocycles. The summed E-state index contributed by atoms with van der Waals surface area (Å²) in [4.78, 5) is 30.2. The molecule has 3 heterocycles. The van der Waals surface area contributed by atoms with E-state index in [4.69, 9.17) is 13.7 Å². The van der Waals surface area contributed by atoms with Crippen LogP contribution in [-0.2, 0) is 4.74 Å². The van der Waals surface area contributed by atoms with Crippen LogP contribution < -0.4 is 10.2 Å². The fraction of sp³-hybridized carbons (Fsp3) is 0.269. The molecule has 0 saturated carbocycles. The molecule has 9 heteroatoms. The number of hydrogen-bond donors (Lipinski definition) is 1. The fourth-order valence-electron chi connectivity index (χ4n) is 4.92. The van der Waals surface area contributed by atoms with Gasteiger partial charge >= 0.3 is 0 Å². The molecule has 2 aromatic carbocycles. The molecule has 1 aliphatic carbocycles. The third-order valence-electron chi connectivity index (χ3n) is 6.64. The van der Waals surface area contributed by atoms with Gasteiger partial charge in [0.05, 0.1) is 29.5 Å². The van der Waals surface area contributed by atoms with E-state index in [1.54, 1.807) is 24.1 Å². The number of aromatic nitrogens is 1. The van der Waals surface area contributed by atoms with Gasteiger partial charge in [-0.15, -0.1) is 0 Å². The summed E-state index contributed by atoms with van der Waals surface area (Å²) in [5.74, 6) is 0.780. The lowest BCUT2D eigenvalue weighted by atomic mass is 9.86. The highest BCUT2D eigenvalue weighted by Crippen LogP contribution is 2.45. The maximum Gasteiger partial charge on any atom is 0.289 e. The zero-order valence-corrected chi connectivity index (χ0v) is 19.2. The number of hydrogen-bond acceptors (Lipinski definition) is 8. The number of nitrogens with one attached hydrogen (secondary N) is 1. The standard InChI is InChI=1S/C26H24N4O5/c1-33-14-8-27-18-15-19(29-9-11-30(12-10-29)26(32)20-7-4-13-34-20)23-22-21(18)24(31)16-5-2-3-6-17(16)25(22)35-28-23/h2-7,13,15,27H,8-12,14H2,1H3. The Labute approximate surface area is 201 Å². The molecule has 1 fully saturated rings. The van der Waals surface area contributed by atoms with Gasteiger partial charge in [0.2, 0.25) is 0 Å². The molecule has 1 saturated heterocycles. The first-order valence-electron chi connectivity index (χ1n) is 11.6. The molecule has 1 aliphatic heterocycles. The molecule has 35 heavy (non-hydrogen) atoms. The van der Waals surface area contributed by atoms with Crippen LogP contribution in [0.15, 0.2) is 57.7 Å². The highest BCUT2D eigenvalue weighted by Gasteiger charge is 2.34. The minimum absolute atomic E-state index is 0.0540. The molecule has 0 bridgehead atoms. The largest absolute Gasteiger partial charge is 0.459 e. The van der Waals surface area contributed by atoms with Crippen LogP contribution in [0.5, 0.6) is 0 Å². The van der Waals surface area contributed by atoms with Gasteiger partial charge in [-0.1, -0.05) is 29.4 Å². The molecule has 4 aromatic rings. The van der Waals surface area contributed by atoms with Crippen molar-refractivity contribution >= 4 is 34.0 Å². The molecular weight excluding hydrogens is 448 g/mol. The zero-order valence-electron chi connectivity index (χ0n) is 19.2. The summed E-state index contributed by atoms with van der Waals surface area (Å²) in [5.41, 5.74) is 4.17. The molecular formula is C26H24N4O5. The second-order valence-corrected chi connectivity index (χ2v) is 8.60. The van der Waals surface area contributed by atoms with Crippen molar-refractivity contribution in [3.63, 3.8) is 0 Å². The third kappa shape index (κ3) is 3.47. The van der Waals surface area contributed by atoms with Crippen molar-refractivity contribution in [3.05, 3.63) is 65.6 Å². The number of piperazine rings is 1. The Kier molecular flexibility index (Phi) is 5.26. The Hall–Kier alpha value is -4.11. The van der Waals surface area contributed by atoms with E-state index < -0.39 is 0 Å². The van der Waals surface area contributed by atoms with Gasteiger partial charge in [0.1, 0.15) is 5.52 Å². The highest BCUT2D eigenvalue weighted by atomic mass is 16.5.